The summed E-state index contributed by atoms with van der Waals surface area (Å²) in [5.41, 5.74) is 7.71. The highest BCUT2D eigenvalue weighted by atomic mass is 32.1. The second kappa shape index (κ2) is 8.12. The van der Waals surface area contributed by atoms with E-state index in [0.717, 1.165) is 44.5 Å². The monoisotopic (exact) mass is 554 g/mol. The molecule has 0 aliphatic rings. The summed E-state index contributed by atoms with van der Waals surface area (Å²) >= 11 is 1.87. The minimum atomic E-state index is 0.933. The van der Waals surface area contributed by atoms with Crippen LogP contribution in [0.3, 0.4) is 0 Å². The van der Waals surface area contributed by atoms with Gasteiger partial charge >= 0.3 is 0 Å². The number of H-pyrrole nitrogens is 1. The summed E-state index contributed by atoms with van der Waals surface area (Å²) in [6.45, 7) is 0. The molecule has 3 aromatic heterocycles. The van der Waals surface area contributed by atoms with Crippen molar-refractivity contribution in [2.75, 3.05) is 4.90 Å². The zero-order valence-electron chi connectivity index (χ0n) is 22.4. The molecule has 1 N–H and O–H groups in total. The van der Waals surface area contributed by atoms with Crippen LogP contribution in [0.4, 0.5) is 17.1 Å². The molecule has 4 heteroatoms. The van der Waals surface area contributed by atoms with E-state index in [-0.39, 0.29) is 0 Å². The average molecular weight is 555 g/mol. The topological polar surface area (TPSA) is 32.2 Å². The Hall–Kier alpha value is -5.32. The highest BCUT2D eigenvalue weighted by Crippen LogP contribution is 2.48. The third kappa shape index (κ3) is 2.94. The summed E-state index contributed by atoms with van der Waals surface area (Å²) in [6.07, 6.45) is 0. The van der Waals surface area contributed by atoms with Gasteiger partial charge in [-0.25, -0.2) is 0 Å². The van der Waals surface area contributed by atoms with Gasteiger partial charge in [0.25, 0.3) is 0 Å². The van der Waals surface area contributed by atoms with E-state index < -0.39 is 0 Å². The third-order valence-corrected chi connectivity index (χ3v) is 9.90. The van der Waals surface area contributed by atoms with Gasteiger partial charge in [0.2, 0.25) is 0 Å². The van der Waals surface area contributed by atoms with Gasteiger partial charge in [-0.05, 0) is 66.0 Å². The van der Waals surface area contributed by atoms with Crippen molar-refractivity contribution < 1.29 is 4.42 Å². The summed E-state index contributed by atoms with van der Waals surface area (Å²) in [5, 5.41) is 9.87. The smallest absolute Gasteiger partial charge is 0.143 e. The van der Waals surface area contributed by atoms with E-state index in [0.29, 0.717) is 0 Å². The summed E-state index contributed by atoms with van der Waals surface area (Å²) in [4.78, 5) is 6.19. The predicted molar refractivity (Wildman–Crippen MR) is 179 cm³/mol. The van der Waals surface area contributed by atoms with Crippen LogP contribution in [0.2, 0.25) is 0 Å². The molecule has 0 atom stereocenters. The number of hydrogen-bond donors (Lipinski definition) is 1. The summed E-state index contributed by atoms with van der Waals surface area (Å²) in [5.74, 6) is 0. The number of para-hydroxylation sites is 3. The van der Waals surface area contributed by atoms with Crippen LogP contribution in [0.5, 0.6) is 0 Å². The molecule has 7 aromatic carbocycles. The van der Waals surface area contributed by atoms with Crippen molar-refractivity contribution in [1.29, 1.82) is 0 Å². The largest absolute Gasteiger partial charge is 0.455 e. The molecule has 0 spiro atoms. The number of fused-ring (bicyclic) bond motifs is 8. The molecule has 3 nitrogen and oxygen atoms in total. The Balaban J connectivity index is 1.25. The zero-order chi connectivity index (χ0) is 27.4. The Morgan fingerprint density at radius 1 is 0.548 bits per heavy atom. The normalized spacial score (nSPS) is 12.3. The molecule has 0 fully saturated rings. The Morgan fingerprint density at radius 2 is 1.29 bits per heavy atom. The lowest BCUT2D eigenvalue weighted by atomic mass is 9.98. The summed E-state index contributed by atoms with van der Waals surface area (Å²) in [7, 11) is 0. The molecule has 0 radical (unpaired) electrons. The molecule has 0 bridgehead atoms. The first-order chi connectivity index (χ1) is 20.8. The molecule has 0 saturated heterocycles. The van der Waals surface area contributed by atoms with Gasteiger partial charge in [-0.15, -0.1) is 11.3 Å². The van der Waals surface area contributed by atoms with Crippen LogP contribution in [0.25, 0.3) is 74.7 Å². The Labute approximate surface area is 244 Å². The Bertz CT molecular complexity index is 2590. The number of anilines is 3. The van der Waals surface area contributed by atoms with Crippen LogP contribution in [0, 0.1) is 0 Å². The SMILES string of the molecule is c1ccc(N(c2ccccc2)c2ccc3c(c2)sc2c3cc3ccc4c5oc6ccccc6c5cc5[nH]c2c3c54)cc1. The number of rotatable bonds is 3. The molecule has 10 aromatic rings. The van der Waals surface area contributed by atoms with Gasteiger partial charge in [-0.2, -0.15) is 0 Å². The summed E-state index contributed by atoms with van der Waals surface area (Å²) < 4.78 is 8.98. The van der Waals surface area contributed by atoms with Crippen LogP contribution < -0.4 is 4.90 Å². The van der Waals surface area contributed by atoms with E-state index in [2.05, 4.69) is 131 Å². The standard InChI is InChI=1S/C38H22N2OS/c1-3-9-23(10-4-1)40(24-11-5-2-6-12-24)25-16-18-27-30-19-22-15-17-28-35-31(39-36(34(22)35)38(30)42-33(27)20-25)21-29-26-13-7-8-14-32(26)41-37(28)29/h1-21,39H. The Kier molecular flexibility index (Phi) is 4.33. The van der Waals surface area contributed by atoms with Crippen molar-refractivity contribution in [3.05, 3.63) is 127 Å². The maximum Gasteiger partial charge on any atom is 0.143 e. The van der Waals surface area contributed by atoms with Gasteiger partial charge in [0.1, 0.15) is 11.2 Å². The Morgan fingerprint density at radius 3 is 2.10 bits per heavy atom. The molecule has 196 valence electrons. The van der Waals surface area contributed by atoms with Crippen LogP contribution >= 0.6 is 11.3 Å². The lowest BCUT2D eigenvalue weighted by Crippen LogP contribution is -2.09. The van der Waals surface area contributed by atoms with Crippen molar-refractivity contribution in [3.8, 4) is 0 Å². The van der Waals surface area contributed by atoms with Crippen LogP contribution in [0.1, 0.15) is 0 Å². The number of benzene rings is 7. The fourth-order valence-corrected chi connectivity index (χ4v) is 8.12. The first kappa shape index (κ1) is 22.4. The van der Waals surface area contributed by atoms with E-state index in [1.165, 1.54) is 47.2 Å². The van der Waals surface area contributed by atoms with Crippen LogP contribution in [-0.2, 0) is 0 Å². The van der Waals surface area contributed by atoms with Crippen molar-refractivity contribution in [2.24, 2.45) is 0 Å². The van der Waals surface area contributed by atoms with E-state index in [1.807, 2.05) is 17.4 Å². The molecule has 0 unspecified atom stereocenters. The molecule has 10 rings (SSSR count). The second-order valence-electron chi connectivity index (χ2n) is 11.0. The van der Waals surface area contributed by atoms with E-state index in [9.17, 15) is 0 Å². The van der Waals surface area contributed by atoms with Crippen molar-refractivity contribution >= 4 is 103 Å². The fourth-order valence-electron chi connectivity index (χ4n) is 6.90. The lowest BCUT2D eigenvalue weighted by Gasteiger charge is -2.25. The maximum atomic E-state index is 6.41. The molecule has 0 aliphatic heterocycles. The van der Waals surface area contributed by atoms with E-state index >= 15 is 0 Å². The number of aromatic amines is 1. The number of hydrogen-bond acceptors (Lipinski definition) is 3. The molecule has 3 heterocycles. The number of thiophene rings is 1. The predicted octanol–water partition coefficient (Wildman–Crippen LogP) is 11.6. The first-order valence-electron chi connectivity index (χ1n) is 14.2. The molecule has 0 saturated carbocycles. The molecule has 0 aliphatic carbocycles. The molecular formula is C38H22N2OS. The fraction of sp³-hybridized carbons (Fsp3) is 0. The van der Waals surface area contributed by atoms with Gasteiger partial charge in [-0.1, -0.05) is 66.7 Å². The lowest BCUT2D eigenvalue weighted by molar-refractivity contribution is 0.673. The van der Waals surface area contributed by atoms with Crippen molar-refractivity contribution in [1.82, 2.24) is 4.98 Å². The van der Waals surface area contributed by atoms with E-state index in [4.69, 9.17) is 4.42 Å². The number of aromatic nitrogens is 1. The minimum Gasteiger partial charge on any atom is -0.455 e. The molecule has 0 amide bonds. The number of furan rings is 1. The van der Waals surface area contributed by atoms with Gasteiger partial charge in [0.15, 0.2) is 0 Å². The highest BCUT2D eigenvalue weighted by Gasteiger charge is 2.21. The first-order valence-corrected chi connectivity index (χ1v) is 15.0. The van der Waals surface area contributed by atoms with Crippen molar-refractivity contribution in [2.45, 2.75) is 0 Å². The van der Waals surface area contributed by atoms with Gasteiger partial charge in [0.05, 0.1) is 10.2 Å². The molecular weight excluding hydrogens is 532 g/mol. The van der Waals surface area contributed by atoms with Crippen LogP contribution in [0.15, 0.2) is 132 Å². The second-order valence-corrected chi connectivity index (χ2v) is 12.1. The maximum absolute atomic E-state index is 6.41. The van der Waals surface area contributed by atoms with Crippen molar-refractivity contribution in [3.63, 3.8) is 0 Å². The van der Waals surface area contributed by atoms with E-state index in [1.54, 1.807) is 0 Å². The summed E-state index contributed by atoms with van der Waals surface area (Å²) in [6, 6.07) is 45.5. The zero-order valence-corrected chi connectivity index (χ0v) is 23.2. The van der Waals surface area contributed by atoms with Gasteiger partial charge in [-0.3, -0.25) is 0 Å². The highest BCUT2D eigenvalue weighted by molar-refractivity contribution is 7.26. The quantitative estimate of drug-likeness (QED) is 0.220. The van der Waals surface area contributed by atoms with Crippen LogP contribution in [-0.4, -0.2) is 4.98 Å². The average Bonchev–Trinajstić information content (AvgIpc) is 3.72. The minimum absolute atomic E-state index is 0.933. The third-order valence-electron chi connectivity index (χ3n) is 8.71. The number of nitrogens with one attached hydrogen (secondary N) is 1. The molecule has 42 heavy (non-hydrogen) atoms. The number of nitrogens with zero attached hydrogens (tertiary/aromatic N) is 1. The van der Waals surface area contributed by atoms with Gasteiger partial charge in [0, 0.05) is 65.0 Å². The van der Waals surface area contributed by atoms with Gasteiger partial charge < -0.3 is 14.3 Å².